The smallest absolute Gasteiger partial charge is 0.420 e. The number of benzene rings is 1. The number of halogens is 4. The lowest BCUT2D eigenvalue weighted by Crippen LogP contribution is -2.27. The molecule has 0 spiro atoms. The summed E-state index contributed by atoms with van der Waals surface area (Å²) in [5, 5.41) is 0. The molecule has 0 saturated heterocycles. The van der Waals surface area contributed by atoms with Gasteiger partial charge in [-0.1, -0.05) is 65.2 Å². The second kappa shape index (κ2) is 14.5. The quantitative estimate of drug-likeness (QED) is 0.197. The van der Waals surface area contributed by atoms with Crippen molar-refractivity contribution in [3.63, 3.8) is 0 Å². The van der Waals surface area contributed by atoms with Gasteiger partial charge in [0.25, 0.3) is 0 Å². The van der Waals surface area contributed by atoms with Gasteiger partial charge in [-0.05, 0) is 99.0 Å². The molecule has 0 aromatic heterocycles. The Bertz CT molecular complexity index is 934. The summed E-state index contributed by atoms with van der Waals surface area (Å²) in [5.74, 6) is 0.943. The van der Waals surface area contributed by atoms with Crippen molar-refractivity contribution < 1.29 is 27.1 Å². The number of hydrogen-bond donors (Lipinski definition) is 0. The van der Waals surface area contributed by atoms with Crippen LogP contribution in [-0.4, -0.2) is 12.4 Å². The first-order valence-corrected chi connectivity index (χ1v) is 16.2. The molecule has 3 aliphatic carbocycles. The Balaban J connectivity index is 1.31. The molecule has 0 radical (unpaired) electrons. The highest BCUT2D eigenvalue weighted by atomic mass is 19.4. The van der Waals surface area contributed by atoms with E-state index in [1.807, 2.05) is 0 Å². The average molecular weight is 567 g/mol. The van der Waals surface area contributed by atoms with Crippen LogP contribution in [0.25, 0.3) is 0 Å². The summed E-state index contributed by atoms with van der Waals surface area (Å²) in [5.41, 5.74) is -2.01. The van der Waals surface area contributed by atoms with E-state index in [1.165, 1.54) is 44.6 Å². The molecular weight excluding hydrogens is 516 g/mol. The summed E-state index contributed by atoms with van der Waals surface area (Å²) in [6.07, 6.45) is 13.3. The van der Waals surface area contributed by atoms with Crippen molar-refractivity contribution in [1.82, 2.24) is 0 Å². The van der Waals surface area contributed by atoms with Crippen molar-refractivity contribution in [1.29, 1.82) is 0 Å². The van der Waals surface area contributed by atoms with Gasteiger partial charge in [0.05, 0.1) is 6.61 Å². The Morgan fingerprint density at radius 2 is 1.23 bits per heavy atom. The number of Topliss-reactive ketones (excluding diaryl/α,β-unsaturated/α-hetero) is 1. The minimum atomic E-state index is -4.96. The van der Waals surface area contributed by atoms with E-state index in [2.05, 4.69) is 13.8 Å². The number of alkyl halides is 3. The highest BCUT2D eigenvalue weighted by molar-refractivity contribution is 5.98. The van der Waals surface area contributed by atoms with Crippen LogP contribution in [0.3, 0.4) is 0 Å². The van der Waals surface area contributed by atoms with E-state index in [0.717, 1.165) is 88.0 Å². The zero-order chi connectivity index (χ0) is 28.7. The SMILES string of the molecule is CCCC1CCC(CC(=O)c2ccc(OCC3CCC(C4CCC(CCC)CC4)CC3)c(F)c2C(F)(F)F)CC1. The Morgan fingerprint density at radius 3 is 1.73 bits per heavy atom. The van der Waals surface area contributed by atoms with Crippen LogP contribution in [0.15, 0.2) is 12.1 Å². The lowest BCUT2D eigenvalue weighted by Gasteiger charge is -2.37. The van der Waals surface area contributed by atoms with Gasteiger partial charge in [-0.15, -0.1) is 0 Å². The van der Waals surface area contributed by atoms with Gasteiger partial charge in [0.1, 0.15) is 5.56 Å². The molecule has 6 heteroatoms. The summed E-state index contributed by atoms with van der Waals surface area (Å²) in [4.78, 5) is 13.0. The molecule has 1 aromatic rings. The molecular formula is C34H50F4O2. The lowest BCUT2D eigenvalue weighted by molar-refractivity contribution is -0.140. The Labute approximate surface area is 239 Å². The van der Waals surface area contributed by atoms with Gasteiger partial charge in [0.15, 0.2) is 17.3 Å². The number of hydrogen-bond acceptors (Lipinski definition) is 2. The fraction of sp³-hybridized carbons (Fsp3) is 0.794. The van der Waals surface area contributed by atoms with Crippen LogP contribution in [-0.2, 0) is 6.18 Å². The van der Waals surface area contributed by atoms with Crippen LogP contribution in [0, 0.1) is 41.3 Å². The second-order valence-corrected chi connectivity index (χ2v) is 13.3. The zero-order valence-corrected chi connectivity index (χ0v) is 24.7. The third-order valence-electron chi connectivity index (χ3n) is 10.4. The summed E-state index contributed by atoms with van der Waals surface area (Å²) >= 11 is 0. The van der Waals surface area contributed by atoms with E-state index in [-0.39, 0.29) is 30.6 Å². The summed E-state index contributed by atoms with van der Waals surface area (Å²) in [6.45, 7) is 4.64. The molecule has 226 valence electrons. The molecule has 40 heavy (non-hydrogen) atoms. The van der Waals surface area contributed by atoms with Gasteiger partial charge in [-0.2, -0.15) is 13.2 Å². The van der Waals surface area contributed by atoms with Gasteiger partial charge in [-0.3, -0.25) is 4.79 Å². The topological polar surface area (TPSA) is 26.3 Å². The average Bonchev–Trinajstić information content (AvgIpc) is 2.93. The van der Waals surface area contributed by atoms with Crippen LogP contribution in [0.4, 0.5) is 17.6 Å². The highest BCUT2D eigenvalue weighted by Gasteiger charge is 2.41. The van der Waals surface area contributed by atoms with Crippen molar-refractivity contribution in [3.05, 3.63) is 29.1 Å². The molecule has 3 saturated carbocycles. The van der Waals surface area contributed by atoms with Crippen LogP contribution in [0.5, 0.6) is 5.75 Å². The first-order chi connectivity index (χ1) is 19.2. The molecule has 3 fully saturated rings. The predicted molar refractivity (Wildman–Crippen MR) is 152 cm³/mol. The molecule has 0 bridgehead atoms. The molecule has 1 aromatic carbocycles. The number of carbonyl (C=O) groups excluding carboxylic acids is 1. The first kappa shape index (κ1) is 31.3. The number of carbonyl (C=O) groups is 1. The fourth-order valence-electron chi connectivity index (χ4n) is 8.07. The molecule has 0 unspecified atom stereocenters. The summed E-state index contributed by atoms with van der Waals surface area (Å²) in [6, 6.07) is 2.37. The van der Waals surface area contributed by atoms with Gasteiger partial charge >= 0.3 is 6.18 Å². The van der Waals surface area contributed by atoms with E-state index in [0.29, 0.717) is 5.92 Å². The van der Waals surface area contributed by atoms with E-state index in [1.54, 1.807) is 0 Å². The normalized spacial score (nSPS) is 29.8. The van der Waals surface area contributed by atoms with Gasteiger partial charge in [0, 0.05) is 12.0 Å². The van der Waals surface area contributed by atoms with Crippen molar-refractivity contribution >= 4 is 5.78 Å². The van der Waals surface area contributed by atoms with Gasteiger partial charge in [-0.25, -0.2) is 4.39 Å². The van der Waals surface area contributed by atoms with Crippen molar-refractivity contribution in [2.24, 2.45) is 35.5 Å². The summed E-state index contributed by atoms with van der Waals surface area (Å²) in [7, 11) is 0. The van der Waals surface area contributed by atoms with Crippen molar-refractivity contribution in [2.45, 2.75) is 129 Å². The third kappa shape index (κ3) is 8.25. The highest BCUT2D eigenvalue weighted by Crippen LogP contribution is 2.43. The van der Waals surface area contributed by atoms with E-state index in [9.17, 15) is 18.0 Å². The van der Waals surface area contributed by atoms with E-state index >= 15 is 4.39 Å². The Hall–Kier alpha value is -1.59. The fourth-order valence-corrected chi connectivity index (χ4v) is 8.07. The summed E-state index contributed by atoms with van der Waals surface area (Å²) < 4.78 is 62.9. The van der Waals surface area contributed by atoms with Crippen LogP contribution in [0.2, 0.25) is 0 Å². The molecule has 0 amide bonds. The van der Waals surface area contributed by atoms with E-state index < -0.39 is 28.9 Å². The van der Waals surface area contributed by atoms with Crippen LogP contribution < -0.4 is 4.74 Å². The van der Waals surface area contributed by atoms with Gasteiger partial charge in [0.2, 0.25) is 0 Å². The van der Waals surface area contributed by atoms with Crippen molar-refractivity contribution in [2.75, 3.05) is 6.61 Å². The van der Waals surface area contributed by atoms with Crippen molar-refractivity contribution in [3.8, 4) is 5.75 Å². The Morgan fingerprint density at radius 1 is 0.750 bits per heavy atom. The predicted octanol–water partition coefficient (Wildman–Crippen LogP) is 10.8. The van der Waals surface area contributed by atoms with Crippen LogP contribution >= 0.6 is 0 Å². The monoisotopic (exact) mass is 566 g/mol. The standard InChI is InChI=1S/C34H50F4O2/c1-3-5-23-7-9-25(10-8-23)21-30(39)29-19-20-31(33(35)32(29)34(36,37)38)40-22-26-13-17-28(18-14-26)27-15-11-24(6-4-2)12-16-27/h19-20,23-28H,3-18,21-22H2,1-2H3. The maximum Gasteiger partial charge on any atom is 0.420 e. The zero-order valence-electron chi connectivity index (χ0n) is 24.7. The minimum absolute atomic E-state index is 0.0467. The molecule has 0 heterocycles. The second-order valence-electron chi connectivity index (χ2n) is 13.3. The first-order valence-electron chi connectivity index (χ1n) is 16.2. The molecule has 0 atom stereocenters. The number of ether oxygens (including phenoxy) is 1. The largest absolute Gasteiger partial charge is 0.490 e. The molecule has 0 N–H and O–H groups in total. The molecule has 3 aliphatic rings. The maximum atomic E-state index is 15.3. The number of rotatable bonds is 11. The molecule has 2 nitrogen and oxygen atoms in total. The Kier molecular flexibility index (Phi) is 11.4. The van der Waals surface area contributed by atoms with Gasteiger partial charge < -0.3 is 4.74 Å². The maximum absolute atomic E-state index is 15.3. The van der Waals surface area contributed by atoms with E-state index in [4.69, 9.17) is 4.74 Å². The molecule has 4 rings (SSSR count). The number of ketones is 1. The molecule has 0 aliphatic heterocycles. The minimum Gasteiger partial charge on any atom is -0.490 e. The lowest BCUT2D eigenvalue weighted by atomic mass is 9.69. The van der Waals surface area contributed by atoms with Crippen LogP contribution in [0.1, 0.15) is 139 Å². The third-order valence-corrected chi connectivity index (χ3v) is 10.4.